The van der Waals surface area contributed by atoms with E-state index in [9.17, 15) is 26.3 Å². The Balaban J connectivity index is 1.83. The lowest BCUT2D eigenvalue weighted by atomic mass is 10.1. The molecule has 1 fully saturated rings. The second kappa shape index (κ2) is 9.40. The number of piperazine rings is 1. The first-order chi connectivity index (χ1) is 16.4. The Morgan fingerprint density at radius 3 is 2.09 bits per heavy atom. The van der Waals surface area contributed by atoms with Gasteiger partial charge >= 0.3 is 12.4 Å². The van der Waals surface area contributed by atoms with E-state index >= 15 is 0 Å². The largest absolute Gasteiger partial charge is 0.494 e. The number of likely N-dealkylation sites (N-methyl/N-ethyl adjacent to an activating group) is 1. The molecule has 1 aromatic heterocycles. The van der Waals surface area contributed by atoms with Gasteiger partial charge in [-0.1, -0.05) is 0 Å². The molecule has 1 N–H and O–H groups in total. The van der Waals surface area contributed by atoms with Crippen molar-refractivity contribution in [1.82, 2.24) is 14.9 Å². The lowest BCUT2D eigenvalue weighted by molar-refractivity contribution is -0.143. The van der Waals surface area contributed by atoms with E-state index in [-0.39, 0.29) is 11.9 Å². The third-order valence-electron chi connectivity index (χ3n) is 5.60. The molecule has 1 aliphatic heterocycles. The van der Waals surface area contributed by atoms with Crippen LogP contribution in [0.15, 0.2) is 36.4 Å². The molecule has 1 aliphatic rings. The molecule has 2 heterocycles. The summed E-state index contributed by atoms with van der Waals surface area (Å²) in [7, 11) is 1.98. The molecule has 35 heavy (non-hydrogen) atoms. The van der Waals surface area contributed by atoms with Crippen LogP contribution in [0.3, 0.4) is 0 Å². The molecule has 0 saturated carbocycles. The highest BCUT2D eigenvalue weighted by Gasteiger charge is 2.37. The maximum atomic E-state index is 13.4. The molecule has 0 radical (unpaired) electrons. The number of aromatic nitrogens is 2. The van der Waals surface area contributed by atoms with E-state index in [1.807, 2.05) is 11.9 Å². The first-order valence-electron chi connectivity index (χ1n) is 10.9. The van der Waals surface area contributed by atoms with Crippen molar-refractivity contribution in [1.29, 1.82) is 0 Å². The van der Waals surface area contributed by atoms with Gasteiger partial charge in [0.1, 0.15) is 11.6 Å². The van der Waals surface area contributed by atoms with Crippen molar-refractivity contribution < 1.29 is 31.1 Å². The van der Waals surface area contributed by atoms with Gasteiger partial charge in [-0.05, 0) is 50.4 Å². The van der Waals surface area contributed by atoms with Crippen LogP contribution in [0.2, 0.25) is 0 Å². The van der Waals surface area contributed by atoms with Crippen LogP contribution in [0.1, 0.15) is 18.1 Å². The van der Waals surface area contributed by atoms with E-state index in [2.05, 4.69) is 20.2 Å². The Morgan fingerprint density at radius 1 is 0.886 bits per heavy atom. The van der Waals surface area contributed by atoms with Crippen molar-refractivity contribution in [2.24, 2.45) is 0 Å². The molecule has 4 rings (SSSR count). The molecular weight excluding hydrogens is 476 g/mol. The predicted octanol–water partition coefficient (Wildman–Crippen LogP) is 5.56. The molecule has 0 unspecified atom stereocenters. The fraction of sp³-hybridized carbons (Fsp3) is 0.391. The highest BCUT2D eigenvalue weighted by Crippen LogP contribution is 2.39. The smallest absolute Gasteiger partial charge is 0.416 e. The van der Waals surface area contributed by atoms with Gasteiger partial charge in [-0.15, -0.1) is 0 Å². The van der Waals surface area contributed by atoms with Crippen LogP contribution in [0, 0.1) is 0 Å². The minimum Gasteiger partial charge on any atom is -0.494 e. The van der Waals surface area contributed by atoms with Gasteiger partial charge in [0.2, 0.25) is 5.95 Å². The van der Waals surface area contributed by atoms with Crippen LogP contribution >= 0.6 is 0 Å². The molecule has 6 nitrogen and oxygen atoms in total. The maximum Gasteiger partial charge on any atom is 0.416 e. The molecule has 188 valence electrons. The van der Waals surface area contributed by atoms with E-state index < -0.39 is 29.2 Å². The topological polar surface area (TPSA) is 53.5 Å². The van der Waals surface area contributed by atoms with Gasteiger partial charge in [-0.3, -0.25) is 0 Å². The van der Waals surface area contributed by atoms with E-state index in [4.69, 9.17) is 4.74 Å². The van der Waals surface area contributed by atoms with Crippen molar-refractivity contribution in [3.8, 4) is 5.75 Å². The van der Waals surface area contributed by atoms with Gasteiger partial charge in [-0.25, -0.2) is 4.98 Å². The van der Waals surface area contributed by atoms with Crippen LogP contribution in [0.25, 0.3) is 10.9 Å². The maximum absolute atomic E-state index is 13.4. The molecule has 0 atom stereocenters. The monoisotopic (exact) mass is 499 g/mol. The van der Waals surface area contributed by atoms with Crippen LogP contribution in [0.5, 0.6) is 5.75 Å². The van der Waals surface area contributed by atoms with Gasteiger partial charge in [0.15, 0.2) is 0 Å². The number of nitrogens with one attached hydrogen (secondary N) is 1. The molecule has 3 aromatic rings. The second-order valence-corrected chi connectivity index (χ2v) is 8.19. The van der Waals surface area contributed by atoms with Crippen LogP contribution in [0.4, 0.5) is 43.8 Å². The zero-order chi connectivity index (χ0) is 25.4. The van der Waals surface area contributed by atoms with Gasteiger partial charge in [0.25, 0.3) is 0 Å². The average Bonchev–Trinajstić information content (AvgIpc) is 2.78. The summed E-state index contributed by atoms with van der Waals surface area (Å²) in [6.45, 7) is 4.93. The summed E-state index contributed by atoms with van der Waals surface area (Å²) in [6.07, 6.45) is -9.92. The molecule has 0 aliphatic carbocycles. The number of hydrogen-bond donors (Lipinski definition) is 1. The highest BCUT2D eigenvalue weighted by atomic mass is 19.4. The molecule has 0 bridgehead atoms. The summed E-state index contributed by atoms with van der Waals surface area (Å²) in [6, 6.07) is 6.33. The third-order valence-corrected chi connectivity index (χ3v) is 5.60. The van der Waals surface area contributed by atoms with Crippen molar-refractivity contribution in [2.45, 2.75) is 19.3 Å². The first-order valence-corrected chi connectivity index (χ1v) is 10.9. The van der Waals surface area contributed by atoms with Gasteiger partial charge in [0, 0.05) is 37.3 Å². The normalized spacial score (nSPS) is 15.5. The Labute approximate surface area is 197 Å². The molecule has 0 spiro atoms. The lowest BCUT2D eigenvalue weighted by Crippen LogP contribution is -2.45. The fourth-order valence-electron chi connectivity index (χ4n) is 3.76. The quantitative estimate of drug-likeness (QED) is 0.464. The molecule has 1 saturated heterocycles. The zero-order valence-electron chi connectivity index (χ0n) is 19.0. The second-order valence-electron chi connectivity index (χ2n) is 8.19. The zero-order valence-corrected chi connectivity index (χ0v) is 19.0. The number of fused-ring (bicyclic) bond motifs is 1. The first kappa shape index (κ1) is 24.8. The molecule has 0 amide bonds. The van der Waals surface area contributed by atoms with E-state index in [0.717, 1.165) is 13.1 Å². The summed E-state index contributed by atoms with van der Waals surface area (Å²) < 4.78 is 85.6. The van der Waals surface area contributed by atoms with Crippen LogP contribution in [-0.2, 0) is 12.4 Å². The number of hydrogen-bond acceptors (Lipinski definition) is 6. The van der Waals surface area contributed by atoms with E-state index in [1.54, 1.807) is 25.1 Å². The van der Waals surface area contributed by atoms with Gasteiger partial charge < -0.3 is 19.9 Å². The Bertz CT molecular complexity index is 1170. The van der Waals surface area contributed by atoms with Crippen molar-refractivity contribution in [3.05, 3.63) is 47.5 Å². The standard InChI is InChI=1S/C23H23F6N5O/c1-3-35-17-4-5-19-18(13-17)20(32-21(31-19)34-8-6-33(2)7-9-34)30-16-11-14(22(24,25)26)10-15(12-16)23(27,28)29/h4-5,10-13H,3,6-9H2,1-2H3,(H,30,31,32). The molecule has 2 aromatic carbocycles. The Kier molecular flexibility index (Phi) is 6.67. The van der Waals surface area contributed by atoms with Gasteiger partial charge in [-0.2, -0.15) is 31.3 Å². The summed E-state index contributed by atoms with van der Waals surface area (Å²) in [5.41, 5.74) is -2.74. The minimum absolute atomic E-state index is 0.0814. The predicted molar refractivity (Wildman–Crippen MR) is 120 cm³/mol. The summed E-state index contributed by atoms with van der Waals surface area (Å²) in [5, 5.41) is 3.09. The fourth-order valence-corrected chi connectivity index (χ4v) is 3.76. The van der Waals surface area contributed by atoms with Crippen LogP contribution in [-0.4, -0.2) is 54.7 Å². The minimum atomic E-state index is -4.96. The number of ether oxygens (including phenoxy) is 1. The highest BCUT2D eigenvalue weighted by molar-refractivity contribution is 5.93. The molecule has 12 heteroatoms. The number of anilines is 3. The number of alkyl halides is 6. The summed E-state index contributed by atoms with van der Waals surface area (Å²) in [5.74, 6) is 0.886. The summed E-state index contributed by atoms with van der Waals surface area (Å²) in [4.78, 5) is 13.1. The Morgan fingerprint density at radius 2 is 1.51 bits per heavy atom. The van der Waals surface area contributed by atoms with Crippen molar-refractivity contribution in [2.75, 3.05) is 50.1 Å². The van der Waals surface area contributed by atoms with E-state index in [0.29, 0.717) is 54.4 Å². The average molecular weight is 499 g/mol. The van der Waals surface area contributed by atoms with Crippen molar-refractivity contribution in [3.63, 3.8) is 0 Å². The van der Waals surface area contributed by atoms with Crippen molar-refractivity contribution >= 4 is 28.4 Å². The number of benzene rings is 2. The number of rotatable bonds is 5. The summed E-state index contributed by atoms with van der Waals surface area (Å²) >= 11 is 0. The number of halogens is 6. The molecular formula is C23H23F6N5O. The van der Waals surface area contributed by atoms with Gasteiger partial charge in [0.05, 0.1) is 23.3 Å². The van der Waals surface area contributed by atoms with Crippen LogP contribution < -0.4 is 15.0 Å². The Hall–Kier alpha value is -3.28. The number of nitrogens with zero attached hydrogens (tertiary/aromatic N) is 4. The lowest BCUT2D eigenvalue weighted by Gasteiger charge is -2.32. The third kappa shape index (κ3) is 5.69. The van der Waals surface area contributed by atoms with E-state index in [1.165, 1.54) is 0 Å². The SMILES string of the molecule is CCOc1ccc2nc(N3CCN(C)CC3)nc(Nc3cc(C(F)(F)F)cc(C(F)(F)F)c3)c2c1.